The Morgan fingerprint density at radius 2 is 2.02 bits per heavy atom. The topological polar surface area (TPSA) is 174 Å². The number of aryl methyl sites for hydroxylation is 1. The van der Waals surface area contributed by atoms with Gasteiger partial charge in [0.2, 0.25) is 0 Å². The minimum absolute atomic E-state index is 0.0128. The fraction of sp³-hybridized carbons (Fsp3) is 0.484. The number of ether oxygens (including phenoxy) is 3. The summed E-state index contributed by atoms with van der Waals surface area (Å²) in [4.78, 5) is 15.1. The van der Waals surface area contributed by atoms with Crippen LogP contribution in [0.25, 0.3) is 10.9 Å². The maximum absolute atomic E-state index is 14.0. The molecule has 3 heterocycles. The Hall–Kier alpha value is -3.65. The Balaban J connectivity index is 1.25. The van der Waals surface area contributed by atoms with Gasteiger partial charge in [-0.3, -0.25) is 4.31 Å². The lowest BCUT2D eigenvalue weighted by Crippen LogP contribution is -2.37. The number of H-pyrrole nitrogens is 1. The van der Waals surface area contributed by atoms with Gasteiger partial charge in [0, 0.05) is 29.7 Å². The SMILES string of the molecule is CC(=N)c1c(O)[nH]c2ccc(S(=O)(=O)N(CC(C)C)c3cccc(CCC(O)CNC(=O)OC4COC5OCCC45)c3)cc12. The van der Waals surface area contributed by atoms with Crippen molar-refractivity contribution in [2.75, 3.05) is 30.6 Å². The summed E-state index contributed by atoms with van der Waals surface area (Å²) >= 11 is 0. The third kappa shape index (κ3) is 6.85. The van der Waals surface area contributed by atoms with Crippen LogP contribution in [0.2, 0.25) is 0 Å². The lowest BCUT2D eigenvalue weighted by molar-refractivity contribution is -0.0907. The number of carbonyl (C=O) groups is 1. The fourth-order valence-corrected chi connectivity index (χ4v) is 7.38. The molecule has 0 radical (unpaired) electrons. The van der Waals surface area contributed by atoms with Crippen LogP contribution in [0.1, 0.15) is 44.7 Å². The van der Waals surface area contributed by atoms with Crippen LogP contribution in [-0.4, -0.2) is 80.2 Å². The molecule has 2 aliphatic rings. The van der Waals surface area contributed by atoms with Gasteiger partial charge in [0.25, 0.3) is 10.0 Å². The second-order valence-corrected chi connectivity index (χ2v) is 13.7. The first kappa shape index (κ1) is 31.8. The summed E-state index contributed by atoms with van der Waals surface area (Å²) in [6.07, 6.45) is -0.564. The van der Waals surface area contributed by atoms with Gasteiger partial charge in [0.15, 0.2) is 12.2 Å². The Labute approximate surface area is 256 Å². The number of nitrogens with zero attached hydrogens (tertiary/aromatic N) is 1. The monoisotopic (exact) mass is 628 g/mol. The van der Waals surface area contributed by atoms with E-state index in [2.05, 4.69) is 10.3 Å². The number of benzene rings is 2. The van der Waals surface area contributed by atoms with Gasteiger partial charge in [-0.1, -0.05) is 26.0 Å². The molecule has 1 aromatic heterocycles. The van der Waals surface area contributed by atoms with Gasteiger partial charge in [0.05, 0.1) is 41.4 Å². The van der Waals surface area contributed by atoms with Crippen molar-refractivity contribution in [3.63, 3.8) is 0 Å². The van der Waals surface area contributed by atoms with Crippen LogP contribution in [-0.2, 0) is 30.7 Å². The molecule has 44 heavy (non-hydrogen) atoms. The Morgan fingerprint density at radius 3 is 2.77 bits per heavy atom. The van der Waals surface area contributed by atoms with Gasteiger partial charge >= 0.3 is 6.09 Å². The van der Waals surface area contributed by atoms with Crippen LogP contribution in [0.4, 0.5) is 10.5 Å². The molecule has 3 aromatic rings. The molecule has 2 fully saturated rings. The molecule has 12 nitrogen and oxygen atoms in total. The van der Waals surface area contributed by atoms with E-state index < -0.39 is 22.2 Å². The van der Waals surface area contributed by atoms with E-state index in [0.29, 0.717) is 42.6 Å². The minimum Gasteiger partial charge on any atom is -0.494 e. The smallest absolute Gasteiger partial charge is 0.407 e. The molecule has 4 unspecified atom stereocenters. The van der Waals surface area contributed by atoms with Crippen LogP contribution in [0.15, 0.2) is 47.4 Å². The van der Waals surface area contributed by atoms with Gasteiger partial charge in [-0.2, -0.15) is 0 Å². The van der Waals surface area contributed by atoms with Gasteiger partial charge < -0.3 is 40.1 Å². The van der Waals surface area contributed by atoms with E-state index in [4.69, 9.17) is 19.6 Å². The predicted molar refractivity (Wildman–Crippen MR) is 165 cm³/mol. The van der Waals surface area contributed by atoms with Crippen LogP contribution >= 0.6 is 0 Å². The number of alkyl carbamates (subject to hydrolysis) is 1. The molecular formula is C31H40N4O8S. The number of amides is 1. The zero-order valence-corrected chi connectivity index (χ0v) is 25.9. The number of aliphatic hydroxyl groups is 1. The Bertz CT molecular complexity index is 1620. The maximum Gasteiger partial charge on any atom is 0.407 e. The Morgan fingerprint density at radius 1 is 1.23 bits per heavy atom. The molecule has 2 aliphatic heterocycles. The molecule has 13 heteroatoms. The number of hydrogen-bond acceptors (Lipinski definition) is 9. The maximum atomic E-state index is 14.0. The quantitative estimate of drug-likeness (QED) is 0.188. The highest BCUT2D eigenvalue weighted by Gasteiger charge is 2.43. The molecule has 0 spiro atoms. The summed E-state index contributed by atoms with van der Waals surface area (Å²) in [6, 6.07) is 11.7. The number of fused-ring (bicyclic) bond motifs is 2. The molecule has 0 saturated carbocycles. The zero-order valence-electron chi connectivity index (χ0n) is 25.1. The second kappa shape index (κ2) is 13.1. The second-order valence-electron chi connectivity index (χ2n) is 11.8. The van der Waals surface area contributed by atoms with Gasteiger partial charge in [0.1, 0.15) is 6.10 Å². The van der Waals surface area contributed by atoms with E-state index in [1.54, 1.807) is 24.3 Å². The van der Waals surface area contributed by atoms with Crippen molar-refractivity contribution < 1.29 is 37.6 Å². The summed E-state index contributed by atoms with van der Waals surface area (Å²) in [5, 5.41) is 31.9. The molecule has 4 atom stereocenters. The molecule has 5 rings (SSSR count). The minimum atomic E-state index is -4.02. The first-order chi connectivity index (χ1) is 20.9. The van der Waals surface area contributed by atoms with Gasteiger partial charge in [-0.25, -0.2) is 13.2 Å². The lowest BCUT2D eigenvalue weighted by Gasteiger charge is -2.27. The average Bonchev–Trinajstić information content (AvgIpc) is 3.68. The van der Waals surface area contributed by atoms with E-state index in [9.17, 15) is 23.4 Å². The summed E-state index contributed by atoms with van der Waals surface area (Å²) in [5.41, 5.74) is 2.23. The van der Waals surface area contributed by atoms with Crippen molar-refractivity contribution in [3.05, 3.63) is 53.6 Å². The number of aliphatic hydroxyl groups excluding tert-OH is 1. The summed E-state index contributed by atoms with van der Waals surface area (Å²) in [6.45, 7) is 6.52. The van der Waals surface area contributed by atoms with E-state index in [1.165, 1.54) is 23.4 Å². The standard InChI is InChI=1S/C31H40N4O8S/c1-18(2)16-35(44(39,40)23-9-10-26-25(14-23)28(19(3)32)29(37)34-26)21-6-4-5-20(13-21)7-8-22(36)15-33-31(38)43-27-17-42-30-24(27)11-12-41-30/h4-6,9-10,13-14,18,22,24,27,30,32,34,36-37H,7-8,11-12,15-17H2,1-3H3,(H,33,38). The Kier molecular flexibility index (Phi) is 9.49. The molecule has 5 N–H and O–H groups in total. The van der Waals surface area contributed by atoms with Crippen molar-refractivity contribution in [3.8, 4) is 5.88 Å². The molecule has 1 amide bonds. The van der Waals surface area contributed by atoms with Crippen LogP contribution in [0.3, 0.4) is 0 Å². The molecule has 0 aliphatic carbocycles. The van der Waals surface area contributed by atoms with E-state index in [-0.39, 0.29) is 59.4 Å². The first-order valence-corrected chi connectivity index (χ1v) is 16.3. The number of rotatable bonds is 12. The number of aromatic amines is 1. The third-order valence-electron chi connectivity index (χ3n) is 7.93. The van der Waals surface area contributed by atoms with Gasteiger partial charge in [-0.05, 0) is 68.0 Å². The van der Waals surface area contributed by atoms with E-state index >= 15 is 0 Å². The van der Waals surface area contributed by atoms with Crippen molar-refractivity contribution in [2.45, 2.75) is 63.4 Å². The van der Waals surface area contributed by atoms with Gasteiger partial charge in [-0.15, -0.1) is 0 Å². The summed E-state index contributed by atoms with van der Waals surface area (Å²) < 4.78 is 45.8. The number of anilines is 1. The zero-order chi connectivity index (χ0) is 31.6. The van der Waals surface area contributed by atoms with Crippen LogP contribution in [0, 0.1) is 17.2 Å². The van der Waals surface area contributed by atoms with E-state index in [0.717, 1.165) is 12.0 Å². The number of carbonyl (C=O) groups excluding carboxylic acids is 1. The van der Waals surface area contributed by atoms with Crippen molar-refractivity contribution in [1.82, 2.24) is 10.3 Å². The van der Waals surface area contributed by atoms with Crippen LogP contribution < -0.4 is 9.62 Å². The first-order valence-electron chi connectivity index (χ1n) is 14.8. The fourth-order valence-electron chi connectivity index (χ4n) is 5.73. The number of aromatic nitrogens is 1. The normalized spacial score (nSPS) is 20.5. The van der Waals surface area contributed by atoms with Crippen molar-refractivity contribution in [2.24, 2.45) is 11.8 Å². The highest BCUT2D eigenvalue weighted by atomic mass is 32.2. The molecule has 0 bridgehead atoms. The molecule has 238 valence electrons. The molecular weight excluding hydrogens is 588 g/mol. The molecule has 2 aromatic carbocycles. The van der Waals surface area contributed by atoms with Crippen LogP contribution in [0.5, 0.6) is 5.88 Å². The third-order valence-corrected chi connectivity index (χ3v) is 9.72. The van der Waals surface area contributed by atoms with Crippen molar-refractivity contribution in [1.29, 1.82) is 5.41 Å². The summed E-state index contributed by atoms with van der Waals surface area (Å²) in [5.74, 6) is -0.127. The number of aromatic hydroxyl groups is 1. The number of sulfonamides is 1. The van der Waals surface area contributed by atoms with E-state index in [1.807, 2.05) is 19.9 Å². The largest absolute Gasteiger partial charge is 0.494 e. The average molecular weight is 629 g/mol. The van der Waals surface area contributed by atoms with Crippen molar-refractivity contribution >= 4 is 38.4 Å². The highest BCUT2D eigenvalue weighted by molar-refractivity contribution is 7.92. The highest BCUT2D eigenvalue weighted by Crippen LogP contribution is 2.34. The summed E-state index contributed by atoms with van der Waals surface area (Å²) in [7, 11) is -4.02. The number of nitrogens with one attached hydrogen (secondary N) is 3. The number of hydrogen-bond donors (Lipinski definition) is 5. The molecule has 2 saturated heterocycles. The predicted octanol–water partition coefficient (Wildman–Crippen LogP) is 3.89. The lowest BCUT2D eigenvalue weighted by atomic mass is 10.0.